The third-order valence-corrected chi connectivity index (χ3v) is 17.2. The minimum atomic E-state index is 0.801. The molecule has 0 saturated carbocycles. The van der Waals surface area contributed by atoms with Crippen LogP contribution in [0.1, 0.15) is 6.92 Å². The van der Waals surface area contributed by atoms with E-state index in [0.717, 1.165) is 120 Å². The van der Waals surface area contributed by atoms with Gasteiger partial charge in [-0.3, -0.25) is 0 Å². The maximum atomic E-state index is 2.45. The van der Waals surface area contributed by atoms with Gasteiger partial charge in [0.2, 0.25) is 0 Å². The van der Waals surface area contributed by atoms with Gasteiger partial charge >= 0.3 is 0 Å². The van der Waals surface area contributed by atoms with Crippen molar-refractivity contribution in [2.24, 2.45) is 0 Å². The molecule has 1 heterocycles. The summed E-state index contributed by atoms with van der Waals surface area (Å²) in [6.07, 6.45) is 0. The van der Waals surface area contributed by atoms with Gasteiger partial charge in [0, 0.05) is 131 Å². The molecule has 0 aliphatic heterocycles. The number of hydrogen-bond donors (Lipinski definition) is 0. The van der Waals surface area contributed by atoms with Crippen LogP contribution in [0.3, 0.4) is 0 Å². The smallest absolute Gasteiger partial charge is 0.0492 e. The minimum absolute atomic E-state index is 0.801. The Morgan fingerprint density at radius 2 is 0.312 bits per heavy atom. The van der Waals surface area contributed by atoms with E-state index < -0.39 is 0 Å². The van der Waals surface area contributed by atoms with Crippen LogP contribution in [0, 0.1) is 0 Å². The maximum Gasteiger partial charge on any atom is 0.0492 e. The van der Waals surface area contributed by atoms with Crippen LogP contribution in [0.5, 0.6) is 0 Å². The number of para-hydroxylation sites is 8. The second-order valence-corrected chi connectivity index (χ2v) is 22.9. The van der Waals surface area contributed by atoms with Crippen LogP contribution < -0.4 is 29.4 Å². The van der Waals surface area contributed by atoms with Gasteiger partial charge in [-0.2, -0.15) is 0 Å². The molecular weight excluding hydrogens is 1130 g/mol. The predicted molar refractivity (Wildman–Crippen MR) is 393 cm³/mol. The fourth-order valence-electron chi connectivity index (χ4n) is 13.0. The van der Waals surface area contributed by atoms with E-state index in [-0.39, 0.29) is 0 Å². The molecule has 0 spiro atoms. The summed E-state index contributed by atoms with van der Waals surface area (Å²) in [6.45, 7) is 3.05. The van der Waals surface area contributed by atoms with E-state index in [9.17, 15) is 0 Å². The highest BCUT2D eigenvalue weighted by atomic mass is 15.2. The molecule has 93 heavy (non-hydrogen) atoms. The zero-order chi connectivity index (χ0) is 62.3. The Morgan fingerprint density at radius 1 is 0.172 bits per heavy atom. The number of aromatic nitrogens is 1. The second kappa shape index (κ2) is 26.0. The van der Waals surface area contributed by atoms with Gasteiger partial charge in [-0.05, 0) is 237 Å². The standard InChI is InChI=1S/C86H67N7/c1-2-87-85-61-59-81(92(77-51-43-73(44-52-77)88(65-27-11-3-12-28-65)66-29-13-4-14-30-66)78-53-45-74(46-54-78)89(67-31-15-5-16-32-67)68-33-17-6-18-34-68)63-83(85)84-64-82(60-62-86(84)87)93(79-55-47-75(48-56-79)90(69-35-19-7-20-36-69)70-37-21-8-22-38-70)80-57-49-76(50-58-80)91(71-39-23-9-24-40-71)72-41-25-10-26-42-72/h3-64H,2H2,1H3. The van der Waals surface area contributed by atoms with E-state index in [1.54, 1.807) is 0 Å². The normalized spacial score (nSPS) is 11.1. The van der Waals surface area contributed by atoms with Crippen LogP contribution in [0.15, 0.2) is 376 Å². The Morgan fingerprint density at radius 3 is 0.473 bits per heavy atom. The summed E-state index contributed by atoms with van der Waals surface area (Å²) in [5.41, 5.74) is 21.5. The highest BCUT2D eigenvalue weighted by Crippen LogP contribution is 2.46. The number of aryl methyl sites for hydroxylation is 1. The Bertz CT molecular complexity index is 4180. The van der Waals surface area contributed by atoms with Crippen LogP contribution in [0.2, 0.25) is 0 Å². The molecule has 0 bridgehead atoms. The molecule has 14 aromatic carbocycles. The predicted octanol–water partition coefficient (Wildman–Crippen LogP) is 24.6. The summed E-state index contributed by atoms with van der Waals surface area (Å²) in [5.74, 6) is 0. The third-order valence-electron chi connectivity index (χ3n) is 17.2. The van der Waals surface area contributed by atoms with E-state index in [1.165, 1.54) is 11.0 Å². The highest BCUT2D eigenvalue weighted by Gasteiger charge is 2.23. The first-order valence-electron chi connectivity index (χ1n) is 31.8. The lowest BCUT2D eigenvalue weighted by Crippen LogP contribution is -2.13. The van der Waals surface area contributed by atoms with Gasteiger partial charge in [-0.15, -0.1) is 0 Å². The first-order valence-corrected chi connectivity index (χ1v) is 31.8. The summed E-state index contributed by atoms with van der Waals surface area (Å²) in [6, 6.07) is 135. The van der Waals surface area contributed by atoms with E-state index >= 15 is 0 Å². The van der Waals surface area contributed by atoms with Gasteiger partial charge in [0.15, 0.2) is 0 Å². The summed E-state index contributed by atoms with van der Waals surface area (Å²) in [7, 11) is 0. The molecule has 15 rings (SSSR count). The van der Waals surface area contributed by atoms with Crippen LogP contribution in [0.4, 0.5) is 102 Å². The second-order valence-electron chi connectivity index (χ2n) is 22.9. The van der Waals surface area contributed by atoms with Crippen LogP contribution >= 0.6 is 0 Å². The van der Waals surface area contributed by atoms with Crippen molar-refractivity contribution < 1.29 is 0 Å². The largest absolute Gasteiger partial charge is 0.341 e. The molecule has 446 valence electrons. The van der Waals surface area contributed by atoms with Gasteiger partial charge in [-0.25, -0.2) is 0 Å². The molecule has 0 unspecified atom stereocenters. The van der Waals surface area contributed by atoms with E-state index in [0.29, 0.717) is 0 Å². The van der Waals surface area contributed by atoms with E-state index in [4.69, 9.17) is 0 Å². The molecule has 7 heteroatoms. The number of nitrogens with zero attached hydrogens (tertiary/aromatic N) is 7. The lowest BCUT2D eigenvalue weighted by molar-refractivity contribution is 0.827. The van der Waals surface area contributed by atoms with Gasteiger partial charge in [0.25, 0.3) is 0 Å². The monoisotopic (exact) mass is 1200 g/mol. The van der Waals surface area contributed by atoms with Crippen LogP contribution in [-0.4, -0.2) is 4.57 Å². The lowest BCUT2D eigenvalue weighted by Gasteiger charge is -2.29. The topological polar surface area (TPSA) is 24.4 Å². The van der Waals surface area contributed by atoms with Crippen LogP contribution in [0.25, 0.3) is 21.8 Å². The summed E-state index contributed by atoms with van der Waals surface area (Å²) >= 11 is 0. The van der Waals surface area contributed by atoms with Crippen molar-refractivity contribution >= 4 is 124 Å². The number of fused-ring (bicyclic) bond motifs is 3. The molecule has 0 radical (unpaired) electrons. The summed E-state index contributed by atoms with van der Waals surface area (Å²) in [4.78, 5) is 14.0. The average molecular weight is 1200 g/mol. The van der Waals surface area contributed by atoms with Crippen molar-refractivity contribution in [2.45, 2.75) is 13.5 Å². The molecule has 0 N–H and O–H groups in total. The van der Waals surface area contributed by atoms with Gasteiger partial charge in [0.05, 0.1) is 0 Å². The molecular formula is C86H67N7. The van der Waals surface area contributed by atoms with Gasteiger partial charge in [-0.1, -0.05) is 146 Å². The quantitative estimate of drug-likeness (QED) is 0.0800. The van der Waals surface area contributed by atoms with E-state index in [2.05, 4.69) is 417 Å². The minimum Gasteiger partial charge on any atom is -0.341 e. The fraction of sp³-hybridized carbons (Fsp3) is 0.0233. The highest BCUT2D eigenvalue weighted by molar-refractivity contribution is 6.11. The number of hydrogen-bond acceptors (Lipinski definition) is 6. The molecule has 7 nitrogen and oxygen atoms in total. The van der Waals surface area contributed by atoms with Gasteiger partial charge in [0.1, 0.15) is 0 Å². The summed E-state index contributed by atoms with van der Waals surface area (Å²) in [5, 5.41) is 2.33. The molecule has 0 aliphatic carbocycles. The molecule has 0 atom stereocenters. The SMILES string of the molecule is CCn1c2ccc(N(c3ccc(N(c4ccccc4)c4ccccc4)cc3)c3ccc(N(c4ccccc4)c4ccccc4)cc3)cc2c2cc(N(c3ccc(N(c4ccccc4)c4ccccc4)cc3)c3ccc(N(c4ccccc4)c4ccccc4)cc3)ccc21. The van der Waals surface area contributed by atoms with Crippen molar-refractivity contribution in [1.29, 1.82) is 0 Å². The fourth-order valence-corrected chi connectivity index (χ4v) is 13.0. The van der Waals surface area contributed by atoms with Crippen LogP contribution in [-0.2, 0) is 6.54 Å². The van der Waals surface area contributed by atoms with Crippen molar-refractivity contribution in [3.8, 4) is 0 Å². The first kappa shape index (κ1) is 57.1. The van der Waals surface area contributed by atoms with E-state index in [1.807, 2.05) is 0 Å². The first-order chi connectivity index (χ1) is 46.1. The molecule has 0 amide bonds. The lowest BCUT2D eigenvalue weighted by atomic mass is 10.1. The molecule has 0 aliphatic rings. The number of benzene rings is 14. The number of rotatable bonds is 19. The maximum absolute atomic E-state index is 2.45. The Kier molecular flexibility index (Phi) is 16.0. The van der Waals surface area contributed by atoms with Crippen molar-refractivity contribution in [1.82, 2.24) is 4.57 Å². The Balaban J connectivity index is 0.874. The van der Waals surface area contributed by atoms with Gasteiger partial charge < -0.3 is 34.0 Å². The van der Waals surface area contributed by atoms with Crippen molar-refractivity contribution in [3.05, 3.63) is 376 Å². The zero-order valence-corrected chi connectivity index (χ0v) is 51.6. The molecule has 1 aromatic heterocycles. The van der Waals surface area contributed by atoms with Crippen molar-refractivity contribution in [2.75, 3.05) is 29.4 Å². The Labute approximate surface area is 544 Å². The average Bonchev–Trinajstić information content (AvgIpc) is 1.65. The zero-order valence-electron chi connectivity index (χ0n) is 51.6. The molecule has 0 saturated heterocycles. The molecule has 0 fully saturated rings. The third kappa shape index (κ3) is 11.6. The van der Waals surface area contributed by atoms with Crippen molar-refractivity contribution in [3.63, 3.8) is 0 Å². The number of anilines is 18. The Hall–Kier alpha value is -12.3. The summed E-state index contributed by atoms with van der Waals surface area (Å²) < 4.78 is 2.45. The molecule has 15 aromatic rings.